The van der Waals surface area contributed by atoms with Gasteiger partial charge in [0.05, 0.1) is 7.11 Å². The van der Waals surface area contributed by atoms with E-state index in [9.17, 15) is 15.0 Å². The van der Waals surface area contributed by atoms with Gasteiger partial charge in [-0.3, -0.25) is 4.79 Å². The highest BCUT2D eigenvalue weighted by atomic mass is 16.7. The zero-order valence-electron chi connectivity index (χ0n) is 16.2. The maximum atomic E-state index is 12.9. The molecule has 2 aromatic carbocycles. The van der Waals surface area contributed by atoms with Crippen molar-refractivity contribution in [2.45, 2.75) is 12.2 Å². The summed E-state index contributed by atoms with van der Waals surface area (Å²) < 4.78 is 31.6. The number of benzene rings is 2. The molecule has 0 radical (unpaired) electrons. The minimum Gasteiger partial charge on any atom is -0.504 e. The third kappa shape index (κ3) is 4.21. The van der Waals surface area contributed by atoms with Gasteiger partial charge in [-0.25, -0.2) is 0 Å². The van der Waals surface area contributed by atoms with Crippen molar-refractivity contribution >= 4 is 5.78 Å². The van der Waals surface area contributed by atoms with Gasteiger partial charge >= 0.3 is 0 Å². The molecule has 1 aliphatic rings. The molecule has 1 heterocycles. The molecule has 0 aromatic heterocycles. The number of ether oxygens (including phenoxy) is 6. The van der Waals surface area contributed by atoms with Crippen molar-refractivity contribution < 1.29 is 43.4 Å². The summed E-state index contributed by atoms with van der Waals surface area (Å²) in [7, 11) is 4.34. The molecule has 1 aliphatic heterocycles. The number of aliphatic hydroxyl groups excluding tert-OH is 1. The third-order valence-electron chi connectivity index (χ3n) is 4.30. The van der Waals surface area contributed by atoms with E-state index in [2.05, 4.69) is 0 Å². The van der Waals surface area contributed by atoms with E-state index in [1.807, 2.05) is 0 Å². The number of fused-ring (bicyclic) bond motifs is 1. The SMILES string of the molecule is COCOc1cc(OCOC)c2c(c1)OC(c1ccc(OC)c(O)c1)C(O)C2=O. The van der Waals surface area contributed by atoms with E-state index in [0.29, 0.717) is 11.3 Å². The lowest BCUT2D eigenvalue weighted by Gasteiger charge is -2.31. The minimum atomic E-state index is -1.51. The van der Waals surface area contributed by atoms with E-state index in [0.717, 1.165) is 0 Å². The molecular formula is C20H22O9. The molecule has 0 aliphatic carbocycles. The van der Waals surface area contributed by atoms with E-state index in [4.69, 9.17) is 28.4 Å². The van der Waals surface area contributed by atoms with Gasteiger partial charge in [0.15, 0.2) is 37.3 Å². The van der Waals surface area contributed by atoms with Crippen LogP contribution in [0.15, 0.2) is 30.3 Å². The van der Waals surface area contributed by atoms with Crippen LogP contribution in [0.1, 0.15) is 22.0 Å². The number of aliphatic hydroxyl groups is 1. The van der Waals surface area contributed by atoms with Gasteiger partial charge in [-0.1, -0.05) is 6.07 Å². The topological polar surface area (TPSA) is 113 Å². The van der Waals surface area contributed by atoms with Gasteiger partial charge in [0, 0.05) is 26.4 Å². The van der Waals surface area contributed by atoms with Crippen molar-refractivity contribution in [3.8, 4) is 28.7 Å². The molecular weight excluding hydrogens is 384 g/mol. The van der Waals surface area contributed by atoms with Gasteiger partial charge in [-0.2, -0.15) is 0 Å². The highest BCUT2D eigenvalue weighted by molar-refractivity contribution is 6.05. The Morgan fingerprint density at radius 1 is 1.00 bits per heavy atom. The molecule has 2 aromatic rings. The predicted molar refractivity (Wildman–Crippen MR) is 99.8 cm³/mol. The zero-order chi connectivity index (χ0) is 21.0. The van der Waals surface area contributed by atoms with Crippen molar-refractivity contribution in [3.05, 3.63) is 41.5 Å². The summed E-state index contributed by atoms with van der Waals surface area (Å²) in [6, 6.07) is 7.49. The molecule has 0 bridgehead atoms. The molecule has 3 rings (SSSR count). The second kappa shape index (κ2) is 8.99. The van der Waals surface area contributed by atoms with Crippen molar-refractivity contribution in [1.82, 2.24) is 0 Å². The molecule has 2 unspecified atom stereocenters. The molecule has 9 heteroatoms. The molecule has 0 saturated carbocycles. The normalized spacial score (nSPS) is 18.0. The number of carbonyl (C=O) groups excluding carboxylic acids is 1. The number of Topliss-reactive ketones (excluding diaryl/α,β-unsaturated/α-hetero) is 1. The summed E-state index contributed by atoms with van der Waals surface area (Å²) >= 11 is 0. The quantitative estimate of drug-likeness (QED) is 0.636. The van der Waals surface area contributed by atoms with Gasteiger partial charge in [0.1, 0.15) is 22.8 Å². The average Bonchev–Trinajstić information content (AvgIpc) is 2.72. The van der Waals surface area contributed by atoms with Crippen LogP contribution in [-0.4, -0.2) is 57.0 Å². The molecule has 156 valence electrons. The second-order valence-corrected chi connectivity index (χ2v) is 6.18. The minimum absolute atomic E-state index is 0.0190. The van der Waals surface area contributed by atoms with Crippen LogP contribution in [0.5, 0.6) is 28.7 Å². The Labute approximate surface area is 167 Å². The maximum Gasteiger partial charge on any atom is 0.202 e. The van der Waals surface area contributed by atoms with Gasteiger partial charge in [-0.15, -0.1) is 0 Å². The number of methoxy groups -OCH3 is 3. The number of phenols is 1. The van der Waals surface area contributed by atoms with Crippen molar-refractivity contribution in [3.63, 3.8) is 0 Å². The lowest BCUT2D eigenvalue weighted by atomic mass is 9.92. The fourth-order valence-electron chi connectivity index (χ4n) is 2.97. The van der Waals surface area contributed by atoms with Crippen molar-refractivity contribution in [2.24, 2.45) is 0 Å². The third-order valence-corrected chi connectivity index (χ3v) is 4.30. The summed E-state index contributed by atoms with van der Waals surface area (Å²) in [5, 5.41) is 20.6. The first-order chi connectivity index (χ1) is 14.0. The summed E-state index contributed by atoms with van der Waals surface area (Å²) in [4.78, 5) is 12.9. The standard InChI is InChI=1S/C20H22O9/c1-24-9-27-12-7-15(28-10-25-2)17-16(8-12)29-20(19(23)18(17)22)11-4-5-14(26-3)13(21)6-11/h4-8,19-21,23H,9-10H2,1-3H3. The van der Waals surface area contributed by atoms with Crippen molar-refractivity contribution in [2.75, 3.05) is 34.9 Å². The van der Waals surface area contributed by atoms with E-state index in [1.54, 1.807) is 6.07 Å². The highest BCUT2D eigenvalue weighted by Gasteiger charge is 2.40. The summed E-state index contributed by atoms with van der Waals surface area (Å²) in [5.74, 6) is 0.195. The van der Waals surface area contributed by atoms with Gasteiger partial charge in [0.2, 0.25) is 5.78 Å². The first-order valence-corrected chi connectivity index (χ1v) is 8.67. The van der Waals surface area contributed by atoms with Crippen LogP contribution in [0.2, 0.25) is 0 Å². The van der Waals surface area contributed by atoms with Crippen LogP contribution in [0.25, 0.3) is 0 Å². The number of carbonyl (C=O) groups is 1. The Morgan fingerprint density at radius 3 is 2.38 bits per heavy atom. The highest BCUT2D eigenvalue weighted by Crippen LogP contribution is 2.43. The molecule has 2 N–H and O–H groups in total. The monoisotopic (exact) mass is 406 g/mol. The van der Waals surface area contributed by atoms with E-state index >= 15 is 0 Å². The molecule has 9 nitrogen and oxygen atoms in total. The summed E-state index contributed by atoms with van der Waals surface area (Å²) in [6.45, 7) is -0.131. The molecule has 0 amide bonds. The van der Waals surface area contributed by atoms with E-state index in [1.165, 1.54) is 45.6 Å². The van der Waals surface area contributed by atoms with Crippen molar-refractivity contribution in [1.29, 1.82) is 0 Å². The predicted octanol–water partition coefficient (Wildman–Crippen LogP) is 2.04. The largest absolute Gasteiger partial charge is 0.504 e. The molecule has 0 spiro atoms. The Morgan fingerprint density at radius 2 is 1.72 bits per heavy atom. The number of hydrogen-bond donors (Lipinski definition) is 2. The van der Waals surface area contributed by atoms with E-state index < -0.39 is 18.0 Å². The Hall–Kier alpha value is -3.01. The molecule has 0 fully saturated rings. The first kappa shape index (κ1) is 20.7. The fraction of sp³-hybridized carbons (Fsp3) is 0.350. The Balaban J connectivity index is 2.01. The number of hydrogen-bond acceptors (Lipinski definition) is 9. The van der Waals surface area contributed by atoms with Gasteiger partial charge in [0.25, 0.3) is 0 Å². The smallest absolute Gasteiger partial charge is 0.202 e. The zero-order valence-corrected chi connectivity index (χ0v) is 16.2. The second-order valence-electron chi connectivity index (χ2n) is 6.18. The molecule has 0 saturated heterocycles. The van der Waals surface area contributed by atoms with Crippen LogP contribution >= 0.6 is 0 Å². The van der Waals surface area contributed by atoms with Crippen LogP contribution in [0.3, 0.4) is 0 Å². The first-order valence-electron chi connectivity index (χ1n) is 8.67. The summed E-state index contributed by atoms with van der Waals surface area (Å²) in [5.41, 5.74) is 0.477. The van der Waals surface area contributed by atoms with Gasteiger partial charge in [-0.05, 0) is 17.7 Å². The van der Waals surface area contributed by atoms with Crippen LogP contribution in [0.4, 0.5) is 0 Å². The Bertz CT molecular complexity index is 880. The van der Waals surface area contributed by atoms with Crippen LogP contribution in [-0.2, 0) is 9.47 Å². The number of phenolic OH excluding ortho intramolecular Hbond substituents is 1. The lowest BCUT2D eigenvalue weighted by molar-refractivity contribution is 0.0174. The van der Waals surface area contributed by atoms with Crippen LogP contribution in [0, 0.1) is 0 Å². The Kier molecular flexibility index (Phi) is 6.42. The lowest BCUT2D eigenvalue weighted by Crippen LogP contribution is -2.36. The van der Waals surface area contributed by atoms with Crippen LogP contribution < -0.4 is 18.9 Å². The number of ketones is 1. The fourth-order valence-corrected chi connectivity index (χ4v) is 2.97. The summed E-state index contributed by atoms with van der Waals surface area (Å²) in [6.07, 6.45) is -2.55. The maximum absolute atomic E-state index is 12.9. The number of rotatable bonds is 8. The molecule has 2 atom stereocenters. The number of aromatic hydroxyl groups is 1. The average molecular weight is 406 g/mol. The van der Waals surface area contributed by atoms with E-state index in [-0.39, 0.29) is 42.1 Å². The molecule has 29 heavy (non-hydrogen) atoms. The van der Waals surface area contributed by atoms with Gasteiger partial charge < -0.3 is 38.6 Å².